The van der Waals surface area contributed by atoms with Crippen LogP contribution < -0.4 is 11.1 Å². The number of rotatable bonds is 5. The van der Waals surface area contributed by atoms with Crippen LogP contribution in [0.2, 0.25) is 0 Å². The summed E-state index contributed by atoms with van der Waals surface area (Å²) in [7, 11) is 0. The van der Waals surface area contributed by atoms with Crippen LogP contribution in [-0.4, -0.2) is 16.0 Å². The minimum absolute atomic E-state index is 0.103. The maximum atomic E-state index is 5.66. The molecule has 3 N–H and O–H groups in total. The van der Waals surface area contributed by atoms with Gasteiger partial charge in [-0.05, 0) is 24.3 Å². The lowest BCUT2D eigenvalue weighted by Crippen LogP contribution is -2.28. The van der Waals surface area contributed by atoms with Gasteiger partial charge in [-0.2, -0.15) is 0 Å². The largest absolute Gasteiger partial charge is 0.384 e. The molecule has 0 spiro atoms. The van der Waals surface area contributed by atoms with Gasteiger partial charge in [0.05, 0.1) is 0 Å². The lowest BCUT2D eigenvalue weighted by atomic mass is 9.79. The second kappa shape index (κ2) is 5.90. The Kier molecular flexibility index (Phi) is 4.23. The molecule has 0 aliphatic heterocycles. The molecule has 106 valence electrons. The molecule has 0 bridgehead atoms. The summed E-state index contributed by atoms with van der Waals surface area (Å²) in [6.07, 6.45) is 2.48. The highest BCUT2D eigenvalue weighted by atomic mass is 15.0. The lowest BCUT2D eigenvalue weighted by molar-refractivity contribution is 0.450. The highest BCUT2D eigenvalue weighted by Crippen LogP contribution is 2.28. The normalized spacial score (nSPS) is 12.9. The van der Waals surface area contributed by atoms with Crippen LogP contribution >= 0.6 is 0 Å². The molecule has 20 heavy (non-hydrogen) atoms. The number of hydrogen-bond donors (Lipinski definition) is 2. The number of benzene rings is 1. The fourth-order valence-corrected chi connectivity index (χ4v) is 2.53. The first-order valence-corrected chi connectivity index (χ1v) is 6.87. The second-order valence-electron chi connectivity index (χ2n) is 5.83. The third-order valence-corrected chi connectivity index (χ3v) is 3.45. The fraction of sp³-hybridized carbons (Fsp3) is 0.375. The standard InChI is InChI=1S/C16H22N4/c1-12(20-15-9-14(17)18-11-19-15)10-16(2,3)13-7-5-4-6-8-13/h4-9,11-12H,10H2,1-3H3,(H3,17,18,19,20)/t12-/m1/s1. The molecule has 0 aliphatic rings. The number of nitrogens with zero attached hydrogens (tertiary/aromatic N) is 2. The van der Waals surface area contributed by atoms with Crippen LogP contribution in [0, 0.1) is 0 Å². The smallest absolute Gasteiger partial charge is 0.131 e. The Labute approximate surface area is 120 Å². The number of nitrogens with one attached hydrogen (secondary N) is 1. The van der Waals surface area contributed by atoms with E-state index < -0.39 is 0 Å². The molecule has 1 heterocycles. The van der Waals surface area contributed by atoms with Gasteiger partial charge in [-0.3, -0.25) is 0 Å². The van der Waals surface area contributed by atoms with Gasteiger partial charge < -0.3 is 11.1 Å². The van der Waals surface area contributed by atoms with Crippen molar-refractivity contribution in [1.29, 1.82) is 0 Å². The van der Waals surface area contributed by atoms with E-state index in [2.05, 4.69) is 60.3 Å². The molecule has 0 fully saturated rings. The van der Waals surface area contributed by atoms with Gasteiger partial charge in [0.15, 0.2) is 0 Å². The Bertz CT molecular complexity index is 551. The topological polar surface area (TPSA) is 63.8 Å². The van der Waals surface area contributed by atoms with E-state index in [4.69, 9.17) is 5.73 Å². The van der Waals surface area contributed by atoms with Crippen LogP contribution in [-0.2, 0) is 5.41 Å². The van der Waals surface area contributed by atoms with E-state index in [1.165, 1.54) is 11.9 Å². The van der Waals surface area contributed by atoms with E-state index in [-0.39, 0.29) is 5.41 Å². The minimum Gasteiger partial charge on any atom is -0.384 e. The quantitative estimate of drug-likeness (QED) is 0.875. The van der Waals surface area contributed by atoms with E-state index in [0.717, 1.165) is 12.2 Å². The van der Waals surface area contributed by atoms with Crippen LogP contribution in [0.4, 0.5) is 11.6 Å². The van der Waals surface area contributed by atoms with Crippen LogP contribution in [0.15, 0.2) is 42.7 Å². The van der Waals surface area contributed by atoms with Crippen LogP contribution in [0.3, 0.4) is 0 Å². The summed E-state index contributed by atoms with van der Waals surface area (Å²) >= 11 is 0. The predicted octanol–water partition coefficient (Wildman–Crippen LogP) is 3.23. The molecule has 2 rings (SSSR count). The van der Waals surface area contributed by atoms with Gasteiger partial charge >= 0.3 is 0 Å². The molecule has 4 nitrogen and oxygen atoms in total. The summed E-state index contributed by atoms with van der Waals surface area (Å²) in [5.74, 6) is 1.26. The summed E-state index contributed by atoms with van der Waals surface area (Å²) in [6.45, 7) is 6.67. The highest BCUT2D eigenvalue weighted by molar-refractivity contribution is 5.44. The molecule has 0 aliphatic carbocycles. The minimum atomic E-state index is 0.103. The molecule has 1 aromatic heterocycles. The summed E-state index contributed by atoms with van der Waals surface area (Å²) < 4.78 is 0. The van der Waals surface area contributed by atoms with Gasteiger partial charge in [0.1, 0.15) is 18.0 Å². The summed E-state index contributed by atoms with van der Waals surface area (Å²) in [6, 6.07) is 12.6. The fourth-order valence-electron chi connectivity index (χ4n) is 2.53. The van der Waals surface area contributed by atoms with Crippen LogP contribution in [0.25, 0.3) is 0 Å². The van der Waals surface area contributed by atoms with Crippen molar-refractivity contribution in [3.05, 3.63) is 48.3 Å². The molecule has 0 saturated heterocycles. The zero-order valence-electron chi connectivity index (χ0n) is 12.3. The van der Waals surface area contributed by atoms with E-state index in [1.807, 2.05) is 6.07 Å². The van der Waals surface area contributed by atoms with Crippen molar-refractivity contribution in [2.24, 2.45) is 0 Å². The molecule has 1 atom stereocenters. The highest BCUT2D eigenvalue weighted by Gasteiger charge is 2.23. The van der Waals surface area contributed by atoms with Gasteiger partial charge in [-0.15, -0.1) is 0 Å². The third kappa shape index (κ3) is 3.70. The Morgan fingerprint density at radius 1 is 1.20 bits per heavy atom. The molecule has 4 heteroatoms. The molecule has 0 saturated carbocycles. The average molecular weight is 270 g/mol. The summed E-state index contributed by atoms with van der Waals surface area (Å²) in [5, 5.41) is 3.38. The van der Waals surface area contributed by atoms with Gasteiger partial charge in [-0.1, -0.05) is 44.2 Å². The molecular formula is C16H22N4. The zero-order chi connectivity index (χ0) is 14.6. The SMILES string of the molecule is C[C@H](CC(C)(C)c1ccccc1)Nc1cc(N)ncn1. The molecule has 1 aromatic carbocycles. The molecule has 0 amide bonds. The first kappa shape index (κ1) is 14.3. The Morgan fingerprint density at radius 2 is 1.90 bits per heavy atom. The molecular weight excluding hydrogens is 248 g/mol. The third-order valence-electron chi connectivity index (χ3n) is 3.45. The summed E-state index contributed by atoms with van der Waals surface area (Å²) in [4.78, 5) is 8.08. The average Bonchev–Trinajstić information content (AvgIpc) is 2.39. The Hall–Kier alpha value is -2.10. The summed E-state index contributed by atoms with van der Waals surface area (Å²) in [5.41, 5.74) is 7.11. The van der Waals surface area contributed by atoms with Crippen molar-refractivity contribution in [2.45, 2.75) is 38.6 Å². The number of nitrogens with two attached hydrogens (primary N) is 1. The van der Waals surface area contributed by atoms with E-state index in [0.29, 0.717) is 11.9 Å². The number of aromatic nitrogens is 2. The van der Waals surface area contributed by atoms with E-state index in [9.17, 15) is 0 Å². The predicted molar refractivity (Wildman–Crippen MR) is 83.6 cm³/mol. The van der Waals surface area contributed by atoms with Crippen LogP contribution in [0.5, 0.6) is 0 Å². The van der Waals surface area contributed by atoms with Crippen molar-refractivity contribution in [2.75, 3.05) is 11.1 Å². The molecule has 0 radical (unpaired) electrons. The molecule has 2 aromatic rings. The van der Waals surface area contributed by atoms with Gasteiger partial charge in [0.25, 0.3) is 0 Å². The maximum Gasteiger partial charge on any atom is 0.131 e. The van der Waals surface area contributed by atoms with Gasteiger partial charge in [-0.25, -0.2) is 9.97 Å². The van der Waals surface area contributed by atoms with Gasteiger partial charge in [0, 0.05) is 12.1 Å². The van der Waals surface area contributed by atoms with Crippen molar-refractivity contribution in [3.63, 3.8) is 0 Å². The monoisotopic (exact) mass is 270 g/mol. The van der Waals surface area contributed by atoms with Crippen molar-refractivity contribution >= 4 is 11.6 Å². The maximum absolute atomic E-state index is 5.66. The Morgan fingerprint density at radius 3 is 2.55 bits per heavy atom. The second-order valence-corrected chi connectivity index (χ2v) is 5.83. The number of anilines is 2. The Balaban J connectivity index is 2.02. The van der Waals surface area contributed by atoms with Crippen LogP contribution in [0.1, 0.15) is 32.8 Å². The van der Waals surface area contributed by atoms with E-state index >= 15 is 0 Å². The number of hydrogen-bond acceptors (Lipinski definition) is 4. The molecule has 0 unspecified atom stereocenters. The first-order valence-electron chi connectivity index (χ1n) is 6.87. The first-order chi connectivity index (χ1) is 9.47. The van der Waals surface area contributed by atoms with Crippen molar-refractivity contribution in [1.82, 2.24) is 9.97 Å². The van der Waals surface area contributed by atoms with Crippen molar-refractivity contribution in [3.8, 4) is 0 Å². The zero-order valence-corrected chi connectivity index (χ0v) is 12.3. The number of nitrogen functional groups attached to an aromatic ring is 1. The van der Waals surface area contributed by atoms with Gasteiger partial charge in [0.2, 0.25) is 0 Å². The lowest BCUT2D eigenvalue weighted by Gasteiger charge is -2.29. The van der Waals surface area contributed by atoms with E-state index in [1.54, 1.807) is 6.07 Å². The van der Waals surface area contributed by atoms with Crippen molar-refractivity contribution < 1.29 is 0 Å².